The smallest absolute Gasteiger partial charge is 0.323 e. The topological polar surface area (TPSA) is 118 Å². The third-order valence-corrected chi connectivity index (χ3v) is 6.35. The number of para-hydroxylation sites is 1. The molecule has 2 aromatic heterocycles. The Labute approximate surface area is 201 Å². The third-order valence-electron chi connectivity index (χ3n) is 5.27. The summed E-state index contributed by atoms with van der Waals surface area (Å²) in [6, 6.07) is 14.8. The molecule has 0 aliphatic carbocycles. The van der Waals surface area contributed by atoms with E-state index in [0.717, 1.165) is 24.5 Å². The Morgan fingerprint density at radius 2 is 1.85 bits per heavy atom. The number of nitrogens with one attached hydrogen (secondary N) is 3. The van der Waals surface area contributed by atoms with Crippen molar-refractivity contribution in [3.63, 3.8) is 0 Å². The van der Waals surface area contributed by atoms with E-state index in [-0.39, 0.29) is 11.6 Å². The Hall–Kier alpha value is -3.53. The predicted octanol–water partition coefficient (Wildman–Crippen LogP) is 4.19. The number of aromatic nitrogens is 5. The van der Waals surface area contributed by atoms with Gasteiger partial charge in [0.15, 0.2) is 11.0 Å². The SMILES string of the molecule is CC(C)CCn1c(COc2ccccc2)nnc1SC(C)C(=O)Nc1ccc2[nH]c(=O)[nH]c2c1. The summed E-state index contributed by atoms with van der Waals surface area (Å²) in [5, 5.41) is 11.9. The number of rotatable bonds is 10. The van der Waals surface area contributed by atoms with Crippen molar-refractivity contribution < 1.29 is 9.53 Å². The number of aromatic amines is 2. The number of H-pyrrole nitrogens is 2. The number of hydrogen-bond donors (Lipinski definition) is 3. The largest absolute Gasteiger partial charge is 0.486 e. The second kappa shape index (κ2) is 10.6. The fourth-order valence-corrected chi connectivity index (χ4v) is 4.25. The number of carbonyl (C=O) groups excluding carboxylic acids is 1. The van der Waals surface area contributed by atoms with Crippen molar-refractivity contribution in [3.8, 4) is 5.75 Å². The van der Waals surface area contributed by atoms with Crippen molar-refractivity contribution >= 4 is 34.4 Å². The second-order valence-electron chi connectivity index (χ2n) is 8.42. The molecule has 0 spiro atoms. The van der Waals surface area contributed by atoms with Crippen molar-refractivity contribution in [2.24, 2.45) is 5.92 Å². The van der Waals surface area contributed by atoms with Crippen LogP contribution in [0, 0.1) is 5.92 Å². The second-order valence-corrected chi connectivity index (χ2v) is 9.73. The molecule has 178 valence electrons. The Morgan fingerprint density at radius 3 is 2.62 bits per heavy atom. The van der Waals surface area contributed by atoms with E-state index < -0.39 is 5.25 Å². The minimum absolute atomic E-state index is 0.164. The van der Waals surface area contributed by atoms with Gasteiger partial charge >= 0.3 is 5.69 Å². The molecule has 0 fully saturated rings. The Kier molecular flexibility index (Phi) is 7.36. The van der Waals surface area contributed by atoms with E-state index in [1.54, 1.807) is 18.2 Å². The fraction of sp³-hybridized carbons (Fsp3) is 0.333. The minimum atomic E-state index is -0.411. The van der Waals surface area contributed by atoms with Crippen molar-refractivity contribution in [2.45, 2.75) is 50.8 Å². The molecule has 0 aliphatic heterocycles. The molecular formula is C24H28N6O3S. The van der Waals surface area contributed by atoms with E-state index in [4.69, 9.17) is 4.74 Å². The lowest BCUT2D eigenvalue weighted by molar-refractivity contribution is -0.115. The van der Waals surface area contributed by atoms with Crippen LogP contribution in [0.5, 0.6) is 5.75 Å². The molecule has 0 saturated carbocycles. The van der Waals surface area contributed by atoms with Crippen LogP contribution in [0.2, 0.25) is 0 Å². The number of carbonyl (C=O) groups is 1. The van der Waals surface area contributed by atoms with E-state index in [9.17, 15) is 9.59 Å². The van der Waals surface area contributed by atoms with Crippen LogP contribution in [0.15, 0.2) is 58.5 Å². The lowest BCUT2D eigenvalue weighted by atomic mass is 10.1. The van der Waals surface area contributed by atoms with Gasteiger partial charge in [-0.2, -0.15) is 0 Å². The van der Waals surface area contributed by atoms with Gasteiger partial charge in [0.1, 0.15) is 12.4 Å². The number of fused-ring (bicyclic) bond motifs is 1. The van der Waals surface area contributed by atoms with E-state index >= 15 is 0 Å². The highest BCUT2D eigenvalue weighted by molar-refractivity contribution is 8.00. The summed E-state index contributed by atoms with van der Waals surface area (Å²) < 4.78 is 7.92. The van der Waals surface area contributed by atoms with Gasteiger partial charge in [-0.25, -0.2) is 4.79 Å². The minimum Gasteiger partial charge on any atom is -0.486 e. The number of nitrogens with zero attached hydrogens (tertiary/aromatic N) is 3. The van der Waals surface area contributed by atoms with Crippen LogP contribution in [0.25, 0.3) is 11.0 Å². The Balaban J connectivity index is 1.45. The number of benzene rings is 2. The fourth-order valence-electron chi connectivity index (χ4n) is 3.36. The summed E-state index contributed by atoms with van der Waals surface area (Å²) in [6.07, 6.45) is 0.958. The molecule has 2 heterocycles. The maximum Gasteiger partial charge on any atom is 0.323 e. The van der Waals surface area contributed by atoms with E-state index in [1.807, 2.05) is 41.8 Å². The zero-order chi connectivity index (χ0) is 24.1. The summed E-state index contributed by atoms with van der Waals surface area (Å²) in [5.41, 5.74) is 1.65. The first-order chi connectivity index (χ1) is 16.4. The van der Waals surface area contributed by atoms with Gasteiger partial charge in [-0.3, -0.25) is 4.79 Å². The van der Waals surface area contributed by atoms with Crippen molar-refractivity contribution in [1.29, 1.82) is 0 Å². The van der Waals surface area contributed by atoms with Gasteiger partial charge in [-0.15, -0.1) is 10.2 Å². The van der Waals surface area contributed by atoms with Crippen LogP contribution >= 0.6 is 11.8 Å². The highest BCUT2D eigenvalue weighted by Crippen LogP contribution is 2.25. The summed E-state index contributed by atoms with van der Waals surface area (Å²) in [4.78, 5) is 29.7. The zero-order valence-corrected chi connectivity index (χ0v) is 20.2. The molecule has 1 unspecified atom stereocenters. The van der Waals surface area contributed by atoms with Crippen molar-refractivity contribution in [1.82, 2.24) is 24.7 Å². The van der Waals surface area contributed by atoms with Gasteiger partial charge in [-0.05, 0) is 49.6 Å². The number of ether oxygens (including phenoxy) is 1. The van der Waals surface area contributed by atoms with Crippen molar-refractivity contribution in [2.75, 3.05) is 5.32 Å². The van der Waals surface area contributed by atoms with E-state index in [1.165, 1.54) is 11.8 Å². The molecular weight excluding hydrogens is 452 g/mol. The van der Waals surface area contributed by atoms with E-state index in [2.05, 4.69) is 39.3 Å². The van der Waals surface area contributed by atoms with Gasteiger partial charge in [0, 0.05) is 12.2 Å². The lowest BCUT2D eigenvalue weighted by Crippen LogP contribution is -2.23. The normalized spacial score (nSPS) is 12.2. The number of thioether (sulfide) groups is 1. The number of anilines is 1. The number of amides is 1. The first kappa shape index (κ1) is 23.6. The standard InChI is InChI=1S/C24H28N6O3S/c1-15(2)11-12-30-21(14-33-18-7-5-4-6-8-18)28-29-24(30)34-16(3)22(31)25-17-9-10-19-20(13-17)27-23(32)26-19/h4-10,13,15-16H,11-12,14H2,1-3H3,(H,25,31)(H2,26,27,32). The Morgan fingerprint density at radius 1 is 1.09 bits per heavy atom. The molecule has 1 amide bonds. The molecule has 9 nitrogen and oxygen atoms in total. The monoisotopic (exact) mass is 480 g/mol. The van der Waals surface area contributed by atoms with Crippen LogP contribution in [0.1, 0.15) is 33.0 Å². The lowest BCUT2D eigenvalue weighted by Gasteiger charge is -2.15. The molecule has 10 heteroatoms. The molecule has 0 bridgehead atoms. The molecule has 4 rings (SSSR count). The number of hydrogen-bond acceptors (Lipinski definition) is 6. The molecule has 4 aromatic rings. The predicted molar refractivity (Wildman–Crippen MR) is 133 cm³/mol. The summed E-state index contributed by atoms with van der Waals surface area (Å²) in [6.45, 7) is 7.21. The highest BCUT2D eigenvalue weighted by Gasteiger charge is 2.21. The van der Waals surface area contributed by atoms with E-state index in [0.29, 0.717) is 34.4 Å². The van der Waals surface area contributed by atoms with Crippen LogP contribution in [-0.2, 0) is 17.9 Å². The molecule has 3 N–H and O–H groups in total. The highest BCUT2D eigenvalue weighted by atomic mass is 32.2. The maximum atomic E-state index is 12.9. The first-order valence-corrected chi connectivity index (χ1v) is 12.1. The van der Waals surface area contributed by atoms with Gasteiger partial charge in [0.2, 0.25) is 5.91 Å². The maximum absolute atomic E-state index is 12.9. The average Bonchev–Trinajstić information content (AvgIpc) is 3.38. The zero-order valence-electron chi connectivity index (χ0n) is 19.4. The van der Waals surface area contributed by atoms with Gasteiger partial charge in [0.05, 0.1) is 16.3 Å². The third kappa shape index (κ3) is 5.88. The van der Waals surface area contributed by atoms with Crippen LogP contribution in [-0.4, -0.2) is 35.9 Å². The summed E-state index contributed by atoms with van der Waals surface area (Å²) in [7, 11) is 0. The van der Waals surface area contributed by atoms with Crippen molar-refractivity contribution in [3.05, 3.63) is 64.8 Å². The van der Waals surface area contributed by atoms with Crippen LogP contribution < -0.4 is 15.7 Å². The summed E-state index contributed by atoms with van der Waals surface area (Å²) in [5.74, 6) is 1.84. The van der Waals surface area contributed by atoms with Crippen LogP contribution in [0.3, 0.4) is 0 Å². The molecule has 0 radical (unpaired) electrons. The summed E-state index contributed by atoms with van der Waals surface area (Å²) >= 11 is 1.36. The van der Waals surface area contributed by atoms with Gasteiger partial charge in [0.25, 0.3) is 0 Å². The molecule has 2 aromatic carbocycles. The first-order valence-electron chi connectivity index (χ1n) is 11.2. The average molecular weight is 481 g/mol. The molecule has 0 saturated heterocycles. The van der Waals surface area contributed by atoms with Gasteiger partial charge in [-0.1, -0.05) is 43.8 Å². The number of imidazole rings is 1. The molecule has 1 atom stereocenters. The Bertz CT molecular complexity index is 1310. The molecule has 0 aliphatic rings. The van der Waals surface area contributed by atoms with Crippen LogP contribution in [0.4, 0.5) is 5.69 Å². The molecule has 34 heavy (non-hydrogen) atoms. The quantitative estimate of drug-likeness (QED) is 0.293. The van der Waals surface area contributed by atoms with Gasteiger partial charge < -0.3 is 24.6 Å².